The number of hydrogen-bond donors (Lipinski definition) is 0. The minimum absolute atomic E-state index is 0. The average molecular weight is 287 g/mol. The smallest absolute Gasteiger partial charge is 0.235 e. The molecule has 0 N–H and O–H groups in total. The first-order valence-corrected chi connectivity index (χ1v) is 11.4. The van der Waals surface area contributed by atoms with Crippen molar-refractivity contribution in [3.8, 4) is 0 Å². The van der Waals surface area contributed by atoms with Crippen LogP contribution >= 0.6 is 0 Å². The fourth-order valence-electron chi connectivity index (χ4n) is 0.625. The molecule has 0 saturated heterocycles. The molecule has 3 heteroatoms. The quantitative estimate of drug-likeness (QED) is 0.550. The van der Waals surface area contributed by atoms with Crippen LogP contribution in [0.3, 0.4) is 0 Å². The third-order valence-corrected chi connectivity index (χ3v) is 3.58. The summed E-state index contributed by atoms with van der Waals surface area (Å²) < 4.78 is 0. The molecule has 0 rings (SSSR count). The molecule has 0 heterocycles. The van der Waals surface area contributed by atoms with Gasteiger partial charge in [0, 0.05) is 0 Å². The monoisotopic (exact) mass is 287 g/mol. The van der Waals surface area contributed by atoms with Gasteiger partial charge in [0.25, 0.3) is 0 Å². The van der Waals surface area contributed by atoms with Gasteiger partial charge >= 0.3 is 19.5 Å². The van der Waals surface area contributed by atoms with E-state index in [9.17, 15) is 0 Å². The molecule has 0 nitrogen and oxygen atoms in total. The first-order valence-electron chi connectivity index (χ1n) is 4.24. The standard InChI is InChI=1S/C9H21Si2.Ru/c1-10(2,3)8-7-9-11(4,5)6;/h7-9H,1-6H3;/q-1;+1/b8-7-;. The van der Waals surface area contributed by atoms with Crippen LogP contribution in [0.4, 0.5) is 0 Å². The van der Waals surface area contributed by atoms with E-state index >= 15 is 0 Å². The second-order valence-corrected chi connectivity index (χ2v) is 15.4. The molecule has 0 saturated carbocycles. The van der Waals surface area contributed by atoms with Crippen LogP contribution in [0.1, 0.15) is 0 Å². The van der Waals surface area contributed by atoms with Gasteiger partial charge in [-0.25, -0.2) is 17.8 Å². The molecule has 0 spiro atoms. The maximum Gasteiger partial charge on any atom is 1.00 e. The van der Waals surface area contributed by atoms with Crippen LogP contribution in [0.5, 0.6) is 0 Å². The fourth-order valence-corrected chi connectivity index (χ4v) is 2.17. The molecular formula is C9H21RuSi2. The summed E-state index contributed by atoms with van der Waals surface area (Å²) in [4.78, 5) is 0. The molecule has 0 aromatic carbocycles. The van der Waals surface area contributed by atoms with Crippen molar-refractivity contribution in [1.82, 2.24) is 0 Å². The fraction of sp³-hybridized carbons (Fsp3) is 0.667. The Labute approximate surface area is 92.6 Å². The first kappa shape index (κ1) is 15.2. The normalized spacial score (nSPS) is 12.8. The van der Waals surface area contributed by atoms with Crippen LogP contribution in [0.15, 0.2) is 11.8 Å². The van der Waals surface area contributed by atoms with Crippen LogP contribution in [0.25, 0.3) is 0 Å². The average Bonchev–Trinajstić information content (AvgIpc) is 1.55. The van der Waals surface area contributed by atoms with E-state index in [0.29, 0.717) is 0 Å². The number of allylic oxidation sites excluding steroid dienone is 1. The summed E-state index contributed by atoms with van der Waals surface area (Å²) >= 11 is 0. The molecule has 1 radical (unpaired) electrons. The van der Waals surface area contributed by atoms with Gasteiger partial charge in [-0.05, 0) is 16.1 Å². The van der Waals surface area contributed by atoms with Gasteiger partial charge in [0.1, 0.15) is 0 Å². The van der Waals surface area contributed by atoms with E-state index in [1.165, 1.54) is 0 Å². The predicted molar refractivity (Wildman–Crippen MR) is 60.1 cm³/mol. The summed E-state index contributed by atoms with van der Waals surface area (Å²) in [5, 5.41) is 0. The van der Waals surface area contributed by atoms with Gasteiger partial charge < -0.3 is 0 Å². The molecular weight excluding hydrogens is 265 g/mol. The van der Waals surface area contributed by atoms with Gasteiger partial charge in [0.2, 0.25) is 0 Å². The third kappa shape index (κ3) is 13.3. The third-order valence-electron chi connectivity index (χ3n) is 1.19. The van der Waals surface area contributed by atoms with Crippen molar-refractivity contribution in [3.05, 3.63) is 17.8 Å². The Morgan fingerprint density at radius 1 is 0.917 bits per heavy atom. The zero-order valence-electron chi connectivity index (χ0n) is 9.09. The maximum atomic E-state index is 2.41. The van der Waals surface area contributed by atoms with Crippen molar-refractivity contribution < 1.29 is 19.5 Å². The Morgan fingerprint density at radius 2 is 1.33 bits per heavy atom. The van der Waals surface area contributed by atoms with Crippen LogP contribution in [-0.2, 0) is 19.5 Å². The second-order valence-electron chi connectivity index (χ2n) is 5.26. The van der Waals surface area contributed by atoms with Crippen molar-refractivity contribution in [1.29, 1.82) is 0 Å². The molecule has 0 aliphatic rings. The van der Waals surface area contributed by atoms with Crippen LogP contribution in [0.2, 0.25) is 39.3 Å². The van der Waals surface area contributed by atoms with Crippen LogP contribution < -0.4 is 0 Å². The second kappa shape index (κ2) is 5.41. The van der Waals surface area contributed by atoms with Gasteiger partial charge in [-0.2, -0.15) is 0 Å². The largest absolute Gasteiger partial charge is 1.00 e. The van der Waals surface area contributed by atoms with Crippen molar-refractivity contribution in [2.24, 2.45) is 0 Å². The molecule has 0 aliphatic carbocycles. The number of hydrogen-bond acceptors (Lipinski definition) is 0. The molecule has 0 aromatic heterocycles. The summed E-state index contributed by atoms with van der Waals surface area (Å²) in [6.07, 6.45) is 2.29. The number of rotatable bonds is 3. The Morgan fingerprint density at radius 3 is 1.58 bits per heavy atom. The SMILES string of the molecule is C[Si](C)(C)/C=C\[CH-][Si](C)(C)C.[Ru+]. The minimum atomic E-state index is -0.947. The summed E-state index contributed by atoms with van der Waals surface area (Å²) in [5.74, 6) is 0. The molecule has 12 heavy (non-hydrogen) atoms. The van der Waals surface area contributed by atoms with E-state index in [4.69, 9.17) is 0 Å². The summed E-state index contributed by atoms with van der Waals surface area (Å²) in [7, 11) is -1.89. The van der Waals surface area contributed by atoms with E-state index in [1.807, 2.05) is 0 Å². The molecule has 0 unspecified atom stereocenters. The molecule has 0 atom stereocenters. The Kier molecular flexibility index (Phi) is 6.83. The topological polar surface area (TPSA) is 0 Å². The predicted octanol–water partition coefficient (Wildman–Crippen LogP) is 3.50. The molecule has 73 valence electrons. The Hall–Kier alpha value is 0.667. The summed E-state index contributed by atoms with van der Waals surface area (Å²) in [6.45, 7) is 14.2. The molecule has 0 fully saturated rings. The van der Waals surface area contributed by atoms with Crippen molar-refractivity contribution >= 4 is 16.1 Å². The van der Waals surface area contributed by atoms with Gasteiger partial charge in [0.15, 0.2) is 0 Å². The van der Waals surface area contributed by atoms with E-state index in [-0.39, 0.29) is 19.5 Å². The van der Waals surface area contributed by atoms with E-state index in [0.717, 1.165) is 0 Å². The Balaban J connectivity index is 0. The Bertz CT molecular complexity index is 140. The summed E-state index contributed by atoms with van der Waals surface area (Å²) in [6, 6.07) is 2.41. The van der Waals surface area contributed by atoms with Gasteiger partial charge in [-0.3, -0.25) is 0 Å². The van der Waals surface area contributed by atoms with Gasteiger partial charge in [0.05, 0.1) is 0 Å². The van der Waals surface area contributed by atoms with E-state index in [1.54, 1.807) is 0 Å². The zero-order valence-corrected chi connectivity index (χ0v) is 12.8. The molecule has 0 amide bonds. The van der Waals surface area contributed by atoms with E-state index < -0.39 is 16.1 Å². The van der Waals surface area contributed by atoms with Crippen LogP contribution in [-0.4, -0.2) is 16.1 Å². The van der Waals surface area contributed by atoms with Crippen LogP contribution in [0, 0.1) is 6.04 Å². The zero-order chi connectivity index (χ0) is 9.12. The van der Waals surface area contributed by atoms with Crippen molar-refractivity contribution in [2.75, 3.05) is 0 Å². The van der Waals surface area contributed by atoms with Crippen molar-refractivity contribution in [2.45, 2.75) is 39.3 Å². The van der Waals surface area contributed by atoms with E-state index in [2.05, 4.69) is 57.1 Å². The molecule has 0 bridgehead atoms. The molecule has 0 aliphatic heterocycles. The first-order chi connectivity index (χ1) is 4.71. The summed E-state index contributed by atoms with van der Waals surface area (Å²) in [5.41, 5.74) is 2.41. The molecule has 0 aromatic rings. The maximum absolute atomic E-state index is 2.41. The minimum Gasteiger partial charge on any atom is -0.235 e. The van der Waals surface area contributed by atoms with Gasteiger partial charge in [-0.1, -0.05) is 39.3 Å². The van der Waals surface area contributed by atoms with Crippen molar-refractivity contribution in [3.63, 3.8) is 0 Å². The van der Waals surface area contributed by atoms with Gasteiger partial charge in [-0.15, -0.1) is 0 Å².